The molecule has 1 aliphatic heterocycles. The molecule has 0 radical (unpaired) electrons. The van der Waals surface area contributed by atoms with Crippen LogP contribution in [0.15, 0.2) is 5.16 Å². The molecule has 7 heteroatoms. The number of amidine groups is 1. The molecule has 0 amide bonds. The Morgan fingerprint density at radius 3 is 2.62 bits per heavy atom. The first-order valence-corrected chi connectivity index (χ1v) is 7.26. The molecule has 1 rings (SSSR count). The lowest BCUT2D eigenvalue weighted by molar-refractivity contribution is 0.316. The quantitative estimate of drug-likeness (QED) is 0.204. The van der Waals surface area contributed by atoms with E-state index in [0.717, 1.165) is 13.0 Å². The van der Waals surface area contributed by atoms with Crippen LogP contribution >= 0.6 is 0 Å². The summed E-state index contributed by atoms with van der Waals surface area (Å²) in [6, 6.07) is 0.288. The number of sulfone groups is 1. The van der Waals surface area contributed by atoms with Crippen LogP contribution in [0.3, 0.4) is 0 Å². The largest absolute Gasteiger partial charge is 0.409 e. The number of rotatable bonds is 5. The van der Waals surface area contributed by atoms with Crippen LogP contribution in [-0.4, -0.2) is 43.6 Å². The van der Waals surface area contributed by atoms with Crippen LogP contribution in [0.5, 0.6) is 0 Å². The van der Waals surface area contributed by atoms with Gasteiger partial charge in [-0.05, 0) is 25.8 Å². The van der Waals surface area contributed by atoms with E-state index >= 15 is 0 Å². The molecule has 1 aliphatic rings. The van der Waals surface area contributed by atoms with Gasteiger partial charge in [0.15, 0.2) is 0 Å². The highest BCUT2D eigenvalue weighted by molar-refractivity contribution is 7.91. The van der Waals surface area contributed by atoms with Crippen molar-refractivity contribution in [1.29, 1.82) is 0 Å². The molecular weight excluding hydrogens is 230 g/mol. The zero-order valence-corrected chi connectivity index (χ0v) is 10.0. The number of nitrogens with one attached hydrogen (secondary N) is 1. The summed E-state index contributed by atoms with van der Waals surface area (Å²) >= 11 is 0. The number of hydrogen-bond donors (Lipinski definition) is 3. The Labute approximate surface area is 95.8 Å². The van der Waals surface area contributed by atoms with E-state index in [1.807, 2.05) is 0 Å². The predicted molar refractivity (Wildman–Crippen MR) is 62.3 cm³/mol. The fourth-order valence-corrected chi connectivity index (χ4v) is 3.21. The van der Waals surface area contributed by atoms with Gasteiger partial charge < -0.3 is 16.3 Å². The van der Waals surface area contributed by atoms with Gasteiger partial charge in [0.25, 0.3) is 0 Å². The van der Waals surface area contributed by atoms with E-state index in [4.69, 9.17) is 10.9 Å². The Balaban J connectivity index is 2.11. The van der Waals surface area contributed by atoms with Crippen molar-refractivity contribution in [1.82, 2.24) is 5.32 Å². The number of nitrogens with two attached hydrogens (primary N) is 1. The van der Waals surface area contributed by atoms with Gasteiger partial charge in [0.05, 0.1) is 11.5 Å². The molecule has 0 spiro atoms. The Morgan fingerprint density at radius 1 is 1.44 bits per heavy atom. The van der Waals surface area contributed by atoms with Crippen molar-refractivity contribution in [3.63, 3.8) is 0 Å². The van der Waals surface area contributed by atoms with Crippen LogP contribution in [0.25, 0.3) is 0 Å². The summed E-state index contributed by atoms with van der Waals surface area (Å²) in [7, 11) is -2.78. The maximum Gasteiger partial charge on any atom is 0.150 e. The van der Waals surface area contributed by atoms with Crippen LogP contribution in [0.2, 0.25) is 0 Å². The summed E-state index contributed by atoms with van der Waals surface area (Å²) in [5, 5.41) is 14.5. The Bertz CT molecular complexity index is 326. The standard InChI is InChI=1S/C9H19N3O3S/c10-9(12-13)2-1-5-11-8-3-6-16(14,15)7-4-8/h8,11,13H,1-7H2,(H2,10,12). The lowest BCUT2D eigenvalue weighted by Crippen LogP contribution is -2.38. The zero-order chi connectivity index (χ0) is 12.0. The van der Waals surface area contributed by atoms with E-state index in [9.17, 15) is 8.42 Å². The van der Waals surface area contributed by atoms with Gasteiger partial charge in [-0.3, -0.25) is 0 Å². The van der Waals surface area contributed by atoms with Gasteiger partial charge in [0.1, 0.15) is 15.7 Å². The highest BCUT2D eigenvalue weighted by Crippen LogP contribution is 2.11. The van der Waals surface area contributed by atoms with Gasteiger partial charge in [-0.25, -0.2) is 8.42 Å². The molecular formula is C9H19N3O3S. The molecule has 0 saturated carbocycles. The van der Waals surface area contributed by atoms with Gasteiger partial charge in [0.2, 0.25) is 0 Å². The molecule has 6 nitrogen and oxygen atoms in total. The molecule has 0 bridgehead atoms. The Morgan fingerprint density at radius 2 is 2.06 bits per heavy atom. The highest BCUT2D eigenvalue weighted by atomic mass is 32.2. The third kappa shape index (κ3) is 4.80. The van der Waals surface area contributed by atoms with Crippen molar-refractivity contribution >= 4 is 15.7 Å². The van der Waals surface area contributed by atoms with Crippen molar-refractivity contribution in [2.24, 2.45) is 10.9 Å². The van der Waals surface area contributed by atoms with E-state index in [0.29, 0.717) is 19.3 Å². The Kier molecular flexibility index (Phi) is 5.01. The summed E-state index contributed by atoms with van der Waals surface area (Å²) in [6.07, 6.45) is 2.71. The van der Waals surface area contributed by atoms with E-state index < -0.39 is 9.84 Å². The molecule has 16 heavy (non-hydrogen) atoms. The number of hydrogen-bond acceptors (Lipinski definition) is 5. The Hall–Kier alpha value is -0.820. The first-order chi connectivity index (χ1) is 7.53. The average Bonchev–Trinajstić information content (AvgIpc) is 2.26. The molecule has 0 atom stereocenters. The molecule has 1 fully saturated rings. The summed E-state index contributed by atoms with van der Waals surface area (Å²) in [4.78, 5) is 0. The SMILES string of the molecule is NC(CCCNC1CCS(=O)(=O)CC1)=NO. The fourth-order valence-electron chi connectivity index (χ4n) is 1.72. The van der Waals surface area contributed by atoms with Crippen molar-refractivity contribution in [2.45, 2.75) is 31.7 Å². The van der Waals surface area contributed by atoms with Crippen molar-refractivity contribution in [3.05, 3.63) is 0 Å². The molecule has 4 N–H and O–H groups in total. The van der Waals surface area contributed by atoms with E-state index in [1.54, 1.807) is 0 Å². The third-order valence-corrected chi connectivity index (χ3v) is 4.44. The molecule has 0 unspecified atom stereocenters. The van der Waals surface area contributed by atoms with Crippen LogP contribution in [-0.2, 0) is 9.84 Å². The second-order valence-corrected chi connectivity index (χ2v) is 6.38. The van der Waals surface area contributed by atoms with Crippen LogP contribution in [0.1, 0.15) is 25.7 Å². The van der Waals surface area contributed by atoms with E-state index in [1.165, 1.54) is 0 Å². The summed E-state index contributed by atoms with van der Waals surface area (Å²) in [6.45, 7) is 0.765. The fraction of sp³-hybridized carbons (Fsp3) is 0.889. The zero-order valence-electron chi connectivity index (χ0n) is 9.22. The second-order valence-electron chi connectivity index (χ2n) is 4.08. The average molecular weight is 249 g/mol. The van der Waals surface area contributed by atoms with Crippen LogP contribution in [0, 0.1) is 0 Å². The first-order valence-electron chi connectivity index (χ1n) is 5.44. The van der Waals surface area contributed by atoms with Gasteiger partial charge in [-0.1, -0.05) is 5.16 Å². The lowest BCUT2D eigenvalue weighted by Gasteiger charge is -2.22. The van der Waals surface area contributed by atoms with E-state index in [-0.39, 0.29) is 23.4 Å². The van der Waals surface area contributed by atoms with E-state index in [2.05, 4.69) is 10.5 Å². The minimum atomic E-state index is -2.78. The van der Waals surface area contributed by atoms with Gasteiger partial charge in [-0.15, -0.1) is 0 Å². The molecule has 0 aliphatic carbocycles. The van der Waals surface area contributed by atoms with Crippen LogP contribution < -0.4 is 11.1 Å². The van der Waals surface area contributed by atoms with Crippen molar-refractivity contribution < 1.29 is 13.6 Å². The predicted octanol–water partition coefficient (Wildman–Crippen LogP) is -0.320. The molecule has 94 valence electrons. The van der Waals surface area contributed by atoms with Crippen molar-refractivity contribution in [3.8, 4) is 0 Å². The minimum absolute atomic E-state index is 0.230. The second kappa shape index (κ2) is 6.05. The first kappa shape index (κ1) is 13.2. The molecule has 0 aromatic carbocycles. The van der Waals surface area contributed by atoms with Crippen LogP contribution in [0.4, 0.5) is 0 Å². The number of oxime groups is 1. The van der Waals surface area contributed by atoms with Gasteiger partial charge in [-0.2, -0.15) is 0 Å². The van der Waals surface area contributed by atoms with Gasteiger partial charge in [0, 0.05) is 12.5 Å². The monoisotopic (exact) mass is 249 g/mol. The maximum absolute atomic E-state index is 11.2. The van der Waals surface area contributed by atoms with Crippen molar-refractivity contribution in [2.75, 3.05) is 18.1 Å². The normalized spacial score (nSPS) is 22.1. The molecule has 1 heterocycles. The highest BCUT2D eigenvalue weighted by Gasteiger charge is 2.22. The number of nitrogens with zero attached hydrogens (tertiary/aromatic N) is 1. The molecule has 0 aromatic heterocycles. The molecule has 0 aromatic rings. The topological polar surface area (TPSA) is 105 Å². The maximum atomic E-state index is 11.2. The lowest BCUT2D eigenvalue weighted by atomic mass is 10.1. The third-order valence-electron chi connectivity index (χ3n) is 2.73. The molecule has 1 saturated heterocycles. The summed E-state index contributed by atoms with van der Waals surface area (Å²) in [5.41, 5.74) is 5.32. The minimum Gasteiger partial charge on any atom is -0.409 e. The summed E-state index contributed by atoms with van der Waals surface area (Å²) < 4.78 is 22.3. The van der Waals surface area contributed by atoms with Gasteiger partial charge >= 0.3 is 0 Å². The smallest absolute Gasteiger partial charge is 0.150 e. The summed E-state index contributed by atoms with van der Waals surface area (Å²) in [5.74, 6) is 0.795.